The number of benzene rings is 1. The zero-order valence-electron chi connectivity index (χ0n) is 12.3. The lowest BCUT2D eigenvalue weighted by Crippen LogP contribution is -2.25. The second kappa shape index (κ2) is 6.30. The van der Waals surface area contributed by atoms with Gasteiger partial charge in [0, 0.05) is 24.6 Å². The number of urea groups is 1. The Morgan fingerprint density at radius 3 is 2.43 bits per heavy atom. The zero-order valence-corrected chi connectivity index (χ0v) is 13.9. The number of carbonyl (C=O) groups excluding carboxylic acids is 2. The summed E-state index contributed by atoms with van der Waals surface area (Å²) >= 11 is 3.56. The monoisotopic (exact) mass is 351 g/mol. The lowest BCUT2D eigenvalue weighted by molar-refractivity contribution is -0.121. The van der Waals surface area contributed by atoms with E-state index in [4.69, 9.17) is 0 Å². The molecule has 0 unspecified atom stereocenters. The van der Waals surface area contributed by atoms with Gasteiger partial charge in [-0.05, 0) is 53.5 Å². The molecule has 1 fully saturated rings. The molecular formula is C15H18BrN3O2. The first kappa shape index (κ1) is 15.6. The van der Waals surface area contributed by atoms with Crippen molar-refractivity contribution in [2.75, 3.05) is 25.0 Å². The Hall–Kier alpha value is -1.82. The van der Waals surface area contributed by atoms with E-state index in [0.717, 1.165) is 33.7 Å². The van der Waals surface area contributed by atoms with Gasteiger partial charge in [0.1, 0.15) is 5.70 Å². The molecule has 21 heavy (non-hydrogen) atoms. The summed E-state index contributed by atoms with van der Waals surface area (Å²) in [5.41, 5.74) is 2.27. The second-order valence-corrected chi connectivity index (χ2v) is 5.59. The van der Waals surface area contributed by atoms with Crippen molar-refractivity contribution in [3.8, 4) is 0 Å². The van der Waals surface area contributed by atoms with Gasteiger partial charge in [-0.25, -0.2) is 4.79 Å². The van der Waals surface area contributed by atoms with Crippen LogP contribution >= 0.6 is 15.9 Å². The maximum Gasteiger partial charge on any atom is 0.328 e. The lowest BCUT2D eigenvalue weighted by Gasteiger charge is -2.22. The minimum atomic E-state index is -0.398. The highest BCUT2D eigenvalue weighted by atomic mass is 79.9. The molecule has 1 heterocycles. The molecule has 0 spiro atoms. The van der Waals surface area contributed by atoms with Crippen molar-refractivity contribution in [2.24, 2.45) is 0 Å². The molecule has 3 amide bonds. The van der Waals surface area contributed by atoms with Gasteiger partial charge < -0.3 is 10.2 Å². The molecule has 1 aromatic carbocycles. The molecule has 1 aliphatic rings. The summed E-state index contributed by atoms with van der Waals surface area (Å²) < 4.78 is 0.964. The third-order valence-corrected chi connectivity index (χ3v) is 4.10. The third kappa shape index (κ3) is 3.10. The molecule has 6 heteroatoms. The topological polar surface area (TPSA) is 52.7 Å². The number of halogens is 1. The predicted molar refractivity (Wildman–Crippen MR) is 87.0 cm³/mol. The van der Waals surface area contributed by atoms with Gasteiger partial charge in [0.2, 0.25) is 0 Å². The summed E-state index contributed by atoms with van der Waals surface area (Å²) in [7, 11) is 1.46. The summed E-state index contributed by atoms with van der Waals surface area (Å²) in [5.74, 6) is -0.316. The number of carbonyl (C=O) groups is 2. The molecule has 1 aliphatic heterocycles. The average Bonchev–Trinajstić information content (AvgIpc) is 2.70. The van der Waals surface area contributed by atoms with E-state index in [1.54, 1.807) is 6.08 Å². The molecule has 1 aromatic rings. The highest BCUT2D eigenvalue weighted by Gasteiger charge is 2.29. The van der Waals surface area contributed by atoms with Crippen LogP contribution in [0.1, 0.15) is 19.4 Å². The summed E-state index contributed by atoms with van der Waals surface area (Å²) in [6.45, 7) is 6.06. The van der Waals surface area contributed by atoms with Crippen LogP contribution in [0.4, 0.5) is 10.5 Å². The predicted octanol–water partition coefficient (Wildman–Crippen LogP) is 2.82. The molecule has 0 saturated carbocycles. The molecule has 5 nitrogen and oxygen atoms in total. The number of nitrogens with zero attached hydrogens (tertiary/aromatic N) is 2. The third-order valence-electron chi connectivity index (χ3n) is 3.47. The molecule has 0 atom stereocenters. The van der Waals surface area contributed by atoms with Crippen LogP contribution in [0.25, 0.3) is 6.08 Å². The first-order valence-corrected chi connectivity index (χ1v) is 7.62. The standard InChI is InChI=1S/C15H18BrN3O2/c1-4-19(5-2)13-7-6-10(8-11(13)16)9-12-14(20)18(3)15(21)17-12/h6-9H,4-5H2,1-3H3,(H,17,21)/b12-9+. The first-order chi connectivity index (χ1) is 9.97. The Labute approximate surface area is 132 Å². The molecule has 0 aliphatic carbocycles. The van der Waals surface area contributed by atoms with Crippen LogP contribution in [0.15, 0.2) is 28.4 Å². The van der Waals surface area contributed by atoms with Gasteiger partial charge >= 0.3 is 6.03 Å². The highest BCUT2D eigenvalue weighted by Crippen LogP contribution is 2.28. The Kier molecular flexibility index (Phi) is 4.67. The Morgan fingerprint density at radius 2 is 1.95 bits per heavy atom. The number of rotatable bonds is 4. The van der Waals surface area contributed by atoms with E-state index in [0.29, 0.717) is 5.70 Å². The van der Waals surface area contributed by atoms with Crippen LogP contribution < -0.4 is 10.2 Å². The van der Waals surface area contributed by atoms with E-state index < -0.39 is 6.03 Å². The summed E-state index contributed by atoms with van der Waals surface area (Å²) in [6.07, 6.45) is 1.68. The van der Waals surface area contributed by atoms with E-state index in [-0.39, 0.29) is 5.91 Å². The maximum absolute atomic E-state index is 11.8. The van der Waals surface area contributed by atoms with Crippen LogP contribution in [0, 0.1) is 0 Å². The number of hydrogen-bond donors (Lipinski definition) is 1. The quantitative estimate of drug-likeness (QED) is 0.670. The van der Waals surface area contributed by atoms with Crippen molar-refractivity contribution in [2.45, 2.75) is 13.8 Å². The summed E-state index contributed by atoms with van der Waals surface area (Å²) in [6, 6.07) is 5.49. The smallest absolute Gasteiger partial charge is 0.328 e. The van der Waals surface area contributed by atoms with E-state index in [1.807, 2.05) is 18.2 Å². The van der Waals surface area contributed by atoms with Crippen LogP contribution in [0.3, 0.4) is 0 Å². The number of amides is 3. The fourth-order valence-electron chi connectivity index (χ4n) is 2.22. The van der Waals surface area contributed by atoms with Gasteiger partial charge in [-0.2, -0.15) is 0 Å². The molecule has 0 aromatic heterocycles. The average molecular weight is 352 g/mol. The number of anilines is 1. The van der Waals surface area contributed by atoms with E-state index in [2.05, 4.69) is 40.0 Å². The molecule has 112 valence electrons. The fraction of sp³-hybridized carbons (Fsp3) is 0.333. The Bertz CT molecular complexity index is 609. The summed E-state index contributed by atoms with van der Waals surface area (Å²) in [4.78, 5) is 26.5. The van der Waals surface area contributed by atoms with Crippen molar-refractivity contribution in [1.82, 2.24) is 10.2 Å². The lowest BCUT2D eigenvalue weighted by atomic mass is 10.1. The molecule has 1 saturated heterocycles. The van der Waals surface area contributed by atoms with Gasteiger partial charge in [0.05, 0.1) is 5.69 Å². The van der Waals surface area contributed by atoms with Crippen LogP contribution in [-0.4, -0.2) is 37.0 Å². The number of imide groups is 1. The Balaban J connectivity index is 2.29. The summed E-state index contributed by atoms with van der Waals surface area (Å²) in [5, 5.41) is 2.55. The van der Waals surface area contributed by atoms with Crippen molar-refractivity contribution < 1.29 is 9.59 Å². The zero-order chi connectivity index (χ0) is 15.6. The van der Waals surface area contributed by atoms with Crippen molar-refractivity contribution >= 4 is 39.6 Å². The van der Waals surface area contributed by atoms with Crippen LogP contribution in [0.5, 0.6) is 0 Å². The largest absolute Gasteiger partial charge is 0.371 e. The highest BCUT2D eigenvalue weighted by molar-refractivity contribution is 9.10. The molecule has 0 bridgehead atoms. The number of hydrogen-bond acceptors (Lipinski definition) is 3. The number of nitrogens with one attached hydrogen (secondary N) is 1. The van der Waals surface area contributed by atoms with Crippen molar-refractivity contribution in [3.63, 3.8) is 0 Å². The first-order valence-electron chi connectivity index (χ1n) is 6.83. The van der Waals surface area contributed by atoms with Gasteiger partial charge in [0.25, 0.3) is 5.91 Å². The minimum Gasteiger partial charge on any atom is -0.371 e. The minimum absolute atomic E-state index is 0.296. The fourth-order valence-corrected chi connectivity index (χ4v) is 2.87. The van der Waals surface area contributed by atoms with E-state index in [1.165, 1.54) is 7.05 Å². The van der Waals surface area contributed by atoms with E-state index >= 15 is 0 Å². The second-order valence-electron chi connectivity index (χ2n) is 4.74. The Morgan fingerprint density at radius 1 is 1.29 bits per heavy atom. The van der Waals surface area contributed by atoms with Crippen LogP contribution in [0.2, 0.25) is 0 Å². The van der Waals surface area contributed by atoms with Crippen LogP contribution in [-0.2, 0) is 4.79 Å². The van der Waals surface area contributed by atoms with Crippen molar-refractivity contribution in [3.05, 3.63) is 33.9 Å². The molecule has 2 rings (SSSR count). The van der Waals surface area contributed by atoms with Gasteiger partial charge in [-0.1, -0.05) is 6.07 Å². The van der Waals surface area contributed by atoms with Gasteiger partial charge in [0.15, 0.2) is 0 Å². The van der Waals surface area contributed by atoms with Crippen molar-refractivity contribution in [1.29, 1.82) is 0 Å². The van der Waals surface area contributed by atoms with Gasteiger partial charge in [-0.3, -0.25) is 9.69 Å². The van der Waals surface area contributed by atoms with E-state index in [9.17, 15) is 9.59 Å². The molecular weight excluding hydrogens is 334 g/mol. The van der Waals surface area contributed by atoms with Gasteiger partial charge in [-0.15, -0.1) is 0 Å². The maximum atomic E-state index is 11.8. The molecule has 1 N–H and O–H groups in total. The molecule has 0 radical (unpaired) electrons. The normalized spacial score (nSPS) is 16.6. The SMILES string of the molecule is CCN(CC)c1ccc(/C=C2/NC(=O)N(C)C2=O)cc1Br. The number of likely N-dealkylation sites (N-methyl/N-ethyl adjacent to an activating group) is 1.